The van der Waals surface area contributed by atoms with Crippen molar-refractivity contribution in [1.29, 1.82) is 0 Å². The lowest BCUT2D eigenvalue weighted by molar-refractivity contribution is 0.268. The number of fused-ring (bicyclic) bond motifs is 1. The van der Waals surface area contributed by atoms with E-state index in [0.717, 1.165) is 18.8 Å². The molecule has 0 spiro atoms. The van der Waals surface area contributed by atoms with E-state index in [1.54, 1.807) is 0 Å². The lowest BCUT2D eigenvalue weighted by Crippen LogP contribution is -2.21. The average molecular weight is 275 g/mol. The second-order valence-electron chi connectivity index (χ2n) is 2.90. The molecule has 2 rings (SSSR count). The first kappa shape index (κ1) is 8.31. The molecule has 2 N–H and O–H groups in total. The summed E-state index contributed by atoms with van der Waals surface area (Å²) in [5.74, 6) is 0.959. The lowest BCUT2D eigenvalue weighted by Gasteiger charge is -2.23. The van der Waals surface area contributed by atoms with Gasteiger partial charge < -0.3 is 10.5 Å². The van der Waals surface area contributed by atoms with Gasteiger partial charge in [-0.05, 0) is 34.7 Å². The minimum Gasteiger partial charge on any atom is -0.493 e. The Labute approximate surface area is 85.2 Å². The molecule has 1 unspecified atom stereocenters. The topological polar surface area (TPSA) is 35.2 Å². The zero-order valence-corrected chi connectivity index (χ0v) is 8.74. The van der Waals surface area contributed by atoms with E-state index in [0.29, 0.717) is 0 Å². The summed E-state index contributed by atoms with van der Waals surface area (Å²) in [4.78, 5) is 0. The van der Waals surface area contributed by atoms with Gasteiger partial charge in [0.1, 0.15) is 5.75 Å². The van der Waals surface area contributed by atoms with Gasteiger partial charge in [-0.1, -0.05) is 6.07 Å². The van der Waals surface area contributed by atoms with Crippen LogP contribution in [0.2, 0.25) is 0 Å². The van der Waals surface area contributed by atoms with Crippen LogP contribution in [0.25, 0.3) is 0 Å². The Morgan fingerprint density at radius 2 is 2.33 bits per heavy atom. The van der Waals surface area contributed by atoms with Crippen LogP contribution < -0.4 is 10.5 Å². The van der Waals surface area contributed by atoms with Gasteiger partial charge in [0, 0.05) is 21.6 Å². The summed E-state index contributed by atoms with van der Waals surface area (Å²) >= 11 is 2.30. The van der Waals surface area contributed by atoms with Crippen molar-refractivity contribution in [2.75, 3.05) is 6.61 Å². The van der Waals surface area contributed by atoms with Gasteiger partial charge in [0.15, 0.2) is 0 Å². The highest BCUT2D eigenvalue weighted by Gasteiger charge is 2.19. The van der Waals surface area contributed by atoms with Crippen LogP contribution in [0.15, 0.2) is 18.2 Å². The van der Waals surface area contributed by atoms with Crippen molar-refractivity contribution in [3.8, 4) is 5.75 Å². The molecule has 64 valence electrons. The molecule has 0 radical (unpaired) electrons. The van der Waals surface area contributed by atoms with Crippen LogP contribution in [0.3, 0.4) is 0 Å². The number of halogens is 1. The molecule has 0 aliphatic carbocycles. The summed E-state index contributed by atoms with van der Waals surface area (Å²) in [6, 6.07) is 6.20. The van der Waals surface area contributed by atoms with Crippen molar-refractivity contribution in [2.24, 2.45) is 5.73 Å². The van der Waals surface area contributed by atoms with Crippen molar-refractivity contribution in [1.82, 2.24) is 0 Å². The monoisotopic (exact) mass is 275 g/mol. The van der Waals surface area contributed by atoms with Crippen LogP contribution in [0, 0.1) is 3.57 Å². The highest BCUT2D eigenvalue weighted by atomic mass is 127. The lowest BCUT2D eigenvalue weighted by atomic mass is 10.0. The smallest absolute Gasteiger partial charge is 0.125 e. The van der Waals surface area contributed by atoms with E-state index in [1.165, 1.54) is 9.13 Å². The van der Waals surface area contributed by atoms with Gasteiger partial charge in [-0.25, -0.2) is 0 Å². The molecule has 1 aliphatic heterocycles. The molecule has 12 heavy (non-hydrogen) atoms. The molecular formula is C9H10INO. The fourth-order valence-electron chi connectivity index (χ4n) is 1.44. The summed E-state index contributed by atoms with van der Waals surface area (Å²) < 4.78 is 6.70. The summed E-state index contributed by atoms with van der Waals surface area (Å²) in [7, 11) is 0. The molecule has 1 aromatic carbocycles. The maximum absolute atomic E-state index is 5.96. The maximum Gasteiger partial charge on any atom is 0.125 e. The van der Waals surface area contributed by atoms with E-state index >= 15 is 0 Å². The fourth-order valence-corrected chi connectivity index (χ4v) is 2.32. The van der Waals surface area contributed by atoms with Gasteiger partial charge >= 0.3 is 0 Å². The third-order valence-corrected chi connectivity index (χ3v) is 3.01. The van der Waals surface area contributed by atoms with Gasteiger partial charge in [-0.15, -0.1) is 0 Å². The number of hydrogen-bond donors (Lipinski definition) is 1. The molecular weight excluding hydrogens is 265 g/mol. The van der Waals surface area contributed by atoms with Crippen LogP contribution in [-0.2, 0) is 0 Å². The predicted octanol–water partition coefficient (Wildman–Crippen LogP) is 2.07. The normalized spacial score (nSPS) is 21.3. The number of rotatable bonds is 0. The molecule has 1 aliphatic rings. The zero-order valence-electron chi connectivity index (χ0n) is 6.59. The van der Waals surface area contributed by atoms with Crippen LogP contribution in [0.4, 0.5) is 0 Å². The largest absolute Gasteiger partial charge is 0.493 e. The molecule has 0 saturated carbocycles. The van der Waals surface area contributed by atoms with E-state index in [-0.39, 0.29) is 6.04 Å². The van der Waals surface area contributed by atoms with Crippen LogP contribution in [-0.4, -0.2) is 6.61 Å². The second kappa shape index (κ2) is 3.22. The number of ether oxygens (including phenoxy) is 1. The van der Waals surface area contributed by atoms with Crippen LogP contribution in [0.5, 0.6) is 5.75 Å². The molecule has 0 fully saturated rings. The van der Waals surface area contributed by atoms with E-state index in [2.05, 4.69) is 28.7 Å². The first-order chi connectivity index (χ1) is 5.79. The standard InChI is InChI=1S/C9H10INO/c10-6-2-1-3-8-9(6)7(11)4-5-12-8/h1-3,7H,4-5,11H2. The van der Waals surface area contributed by atoms with Crippen LogP contribution >= 0.6 is 22.6 Å². The Hall–Kier alpha value is -0.290. The molecule has 0 aromatic heterocycles. The van der Waals surface area contributed by atoms with Crippen molar-refractivity contribution < 1.29 is 4.74 Å². The molecule has 1 heterocycles. The first-order valence-electron chi connectivity index (χ1n) is 3.96. The SMILES string of the molecule is NC1CCOc2cccc(I)c21. The highest BCUT2D eigenvalue weighted by molar-refractivity contribution is 14.1. The van der Waals surface area contributed by atoms with E-state index < -0.39 is 0 Å². The van der Waals surface area contributed by atoms with E-state index in [1.807, 2.05) is 12.1 Å². The second-order valence-corrected chi connectivity index (χ2v) is 4.06. The van der Waals surface area contributed by atoms with Gasteiger partial charge in [-0.3, -0.25) is 0 Å². The van der Waals surface area contributed by atoms with Gasteiger partial charge in [0.25, 0.3) is 0 Å². The quantitative estimate of drug-likeness (QED) is 0.736. The number of benzene rings is 1. The van der Waals surface area contributed by atoms with Crippen molar-refractivity contribution in [3.63, 3.8) is 0 Å². The van der Waals surface area contributed by atoms with Gasteiger partial charge in [-0.2, -0.15) is 0 Å². The number of hydrogen-bond acceptors (Lipinski definition) is 2. The molecule has 1 aromatic rings. The highest BCUT2D eigenvalue weighted by Crippen LogP contribution is 2.33. The Bertz CT molecular complexity index is 301. The minimum atomic E-state index is 0.154. The van der Waals surface area contributed by atoms with Crippen molar-refractivity contribution in [3.05, 3.63) is 27.3 Å². The van der Waals surface area contributed by atoms with Crippen molar-refractivity contribution in [2.45, 2.75) is 12.5 Å². The summed E-state index contributed by atoms with van der Waals surface area (Å²) in [6.07, 6.45) is 0.924. The summed E-state index contributed by atoms with van der Waals surface area (Å²) in [5.41, 5.74) is 7.13. The Balaban J connectivity index is 2.53. The third kappa shape index (κ3) is 1.31. The summed E-state index contributed by atoms with van der Waals surface area (Å²) in [5, 5.41) is 0. The third-order valence-electron chi connectivity index (χ3n) is 2.07. The minimum absolute atomic E-state index is 0.154. The van der Waals surface area contributed by atoms with Gasteiger partial charge in [0.05, 0.1) is 6.61 Å². The number of nitrogens with two attached hydrogens (primary N) is 1. The molecule has 0 amide bonds. The van der Waals surface area contributed by atoms with Crippen LogP contribution in [0.1, 0.15) is 18.0 Å². The predicted molar refractivity (Wildman–Crippen MR) is 56.2 cm³/mol. The summed E-state index contributed by atoms with van der Waals surface area (Å²) in [6.45, 7) is 0.744. The Morgan fingerprint density at radius 1 is 1.50 bits per heavy atom. The van der Waals surface area contributed by atoms with E-state index in [9.17, 15) is 0 Å². The maximum atomic E-state index is 5.96. The fraction of sp³-hybridized carbons (Fsp3) is 0.333. The Morgan fingerprint density at radius 3 is 3.08 bits per heavy atom. The van der Waals surface area contributed by atoms with Gasteiger partial charge in [0.2, 0.25) is 0 Å². The zero-order chi connectivity index (χ0) is 8.55. The molecule has 2 nitrogen and oxygen atoms in total. The van der Waals surface area contributed by atoms with Crippen molar-refractivity contribution >= 4 is 22.6 Å². The Kier molecular flexibility index (Phi) is 2.23. The molecule has 1 atom stereocenters. The first-order valence-corrected chi connectivity index (χ1v) is 5.03. The molecule has 0 bridgehead atoms. The average Bonchev–Trinajstić information content (AvgIpc) is 2.04. The van der Waals surface area contributed by atoms with E-state index in [4.69, 9.17) is 10.5 Å². The molecule has 0 saturated heterocycles. The molecule has 3 heteroatoms.